The van der Waals surface area contributed by atoms with Crippen LogP contribution in [0.2, 0.25) is 0 Å². The van der Waals surface area contributed by atoms with Crippen molar-refractivity contribution in [2.75, 3.05) is 0 Å². The van der Waals surface area contributed by atoms with Crippen LogP contribution < -0.4 is 10.6 Å². The number of carbonyl (C=O) groups is 1. The molecule has 2 bridgehead atoms. The van der Waals surface area contributed by atoms with Gasteiger partial charge in [-0.15, -0.1) is 0 Å². The molecule has 0 aromatic heterocycles. The molecule has 3 heteroatoms. The van der Waals surface area contributed by atoms with Crippen LogP contribution in [-0.4, -0.2) is 12.1 Å². The second-order valence-electron chi connectivity index (χ2n) is 8.71. The first kappa shape index (κ1) is 18.0. The second kappa shape index (κ2) is 6.86. The zero-order chi connectivity index (χ0) is 18.2. The highest BCUT2D eigenvalue weighted by molar-refractivity contribution is 5.75. The standard InChI is InChI=1S/C22H32N2O/c1-14(2)17-7-6-8-19(13-17)22(4,5)24-21(25)23-15(3)20-12-16-9-10-18(20)11-16/h6-8,13,15-16,18,20H,1,9-12H2,2-5H3,(H2,23,24,25)/t15-,16+,18+,20-/m1/s1. The van der Waals surface area contributed by atoms with Crippen LogP contribution in [0.25, 0.3) is 5.57 Å². The van der Waals surface area contributed by atoms with Gasteiger partial charge in [-0.25, -0.2) is 4.79 Å². The number of rotatable bonds is 5. The average Bonchev–Trinajstić information content (AvgIpc) is 3.17. The molecule has 0 unspecified atom stereocenters. The van der Waals surface area contributed by atoms with Crippen molar-refractivity contribution in [3.8, 4) is 0 Å². The molecule has 0 radical (unpaired) electrons. The molecule has 2 aliphatic carbocycles. The van der Waals surface area contributed by atoms with Crippen molar-refractivity contribution in [1.29, 1.82) is 0 Å². The summed E-state index contributed by atoms with van der Waals surface area (Å²) in [5, 5.41) is 6.36. The Morgan fingerprint density at radius 1 is 1.28 bits per heavy atom. The Kier molecular flexibility index (Phi) is 4.95. The van der Waals surface area contributed by atoms with Gasteiger partial charge in [-0.2, -0.15) is 0 Å². The van der Waals surface area contributed by atoms with Gasteiger partial charge < -0.3 is 10.6 Å². The number of benzene rings is 1. The first-order valence-electron chi connectivity index (χ1n) is 9.61. The zero-order valence-electron chi connectivity index (χ0n) is 16.1. The predicted molar refractivity (Wildman–Crippen MR) is 104 cm³/mol. The second-order valence-corrected chi connectivity index (χ2v) is 8.71. The molecule has 2 fully saturated rings. The maximum atomic E-state index is 12.6. The fourth-order valence-electron chi connectivity index (χ4n) is 4.79. The maximum absolute atomic E-state index is 12.6. The van der Waals surface area contributed by atoms with Crippen LogP contribution in [-0.2, 0) is 5.54 Å². The third kappa shape index (κ3) is 3.91. The van der Waals surface area contributed by atoms with E-state index in [9.17, 15) is 4.79 Å². The van der Waals surface area contributed by atoms with Crippen molar-refractivity contribution in [3.05, 3.63) is 42.0 Å². The summed E-state index contributed by atoms with van der Waals surface area (Å²) in [4.78, 5) is 12.6. The molecule has 0 aliphatic heterocycles. The van der Waals surface area contributed by atoms with Gasteiger partial charge in [-0.05, 0) is 81.9 Å². The van der Waals surface area contributed by atoms with E-state index in [4.69, 9.17) is 0 Å². The van der Waals surface area contributed by atoms with E-state index in [-0.39, 0.29) is 12.1 Å². The lowest BCUT2D eigenvalue weighted by molar-refractivity contribution is 0.211. The number of fused-ring (bicyclic) bond motifs is 2. The summed E-state index contributed by atoms with van der Waals surface area (Å²) < 4.78 is 0. The van der Waals surface area contributed by atoms with Crippen molar-refractivity contribution in [3.63, 3.8) is 0 Å². The zero-order valence-corrected chi connectivity index (χ0v) is 16.1. The molecule has 0 saturated heterocycles. The lowest BCUT2D eigenvalue weighted by Crippen LogP contribution is -2.51. The van der Waals surface area contributed by atoms with E-state index in [0.717, 1.165) is 28.5 Å². The van der Waals surface area contributed by atoms with E-state index in [2.05, 4.69) is 42.3 Å². The third-order valence-electron chi connectivity index (χ3n) is 6.30. The minimum atomic E-state index is -0.427. The molecular weight excluding hydrogens is 308 g/mol. The van der Waals surface area contributed by atoms with Crippen molar-refractivity contribution in [1.82, 2.24) is 10.6 Å². The molecule has 2 aliphatic rings. The fraction of sp³-hybridized carbons (Fsp3) is 0.591. The van der Waals surface area contributed by atoms with Crippen molar-refractivity contribution in [2.24, 2.45) is 17.8 Å². The summed E-state index contributed by atoms with van der Waals surface area (Å²) in [5.41, 5.74) is 2.81. The van der Waals surface area contributed by atoms with Crippen LogP contribution in [0.3, 0.4) is 0 Å². The summed E-state index contributed by atoms with van der Waals surface area (Å²) in [6, 6.07) is 8.43. The Balaban J connectivity index is 1.61. The summed E-state index contributed by atoms with van der Waals surface area (Å²) in [7, 11) is 0. The number of hydrogen-bond acceptors (Lipinski definition) is 1. The molecule has 2 amide bonds. The van der Waals surface area contributed by atoms with Crippen LogP contribution in [0.5, 0.6) is 0 Å². The molecule has 1 aromatic carbocycles. The summed E-state index contributed by atoms with van der Waals surface area (Å²) in [6.45, 7) is 12.3. The van der Waals surface area contributed by atoms with E-state index >= 15 is 0 Å². The van der Waals surface area contributed by atoms with Crippen LogP contribution in [0, 0.1) is 17.8 Å². The highest BCUT2D eigenvalue weighted by Crippen LogP contribution is 2.49. The first-order valence-corrected chi connectivity index (χ1v) is 9.61. The molecule has 25 heavy (non-hydrogen) atoms. The van der Waals surface area contributed by atoms with Gasteiger partial charge in [-0.3, -0.25) is 0 Å². The molecular formula is C22H32N2O. The van der Waals surface area contributed by atoms with Gasteiger partial charge in [0, 0.05) is 6.04 Å². The van der Waals surface area contributed by atoms with Crippen LogP contribution >= 0.6 is 0 Å². The Bertz CT molecular complexity index is 664. The quantitative estimate of drug-likeness (QED) is 0.771. The number of urea groups is 1. The number of carbonyl (C=O) groups excluding carboxylic acids is 1. The van der Waals surface area contributed by atoms with Gasteiger partial charge in [0.25, 0.3) is 0 Å². The van der Waals surface area contributed by atoms with Gasteiger partial charge >= 0.3 is 6.03 Å². The average molecular weight is 341 g/mol. The maximum Gasteiger partial charge on any atom is 0.315 e. The van der Waals surface area contributed by atoms with Gasteiger partial charge in [0.05, 0.1) is 5.54 Å². The molecule has 2 saturated carbocycles. The SMILES string of the molecule is C=C(C)c1cccc(C(C)(C)NC(=O)N[C@H](C)[C@H]2C[C@H]3CC[C@H]2C3)c1. The summed E-state index contributed by atoms with van der Waals surface area (Å²) in [5.74, 6) is 2.38. The lowest BCUT2D eigenvalue weighted by Gasteiger charge is -2.32. The Labute approximate surface area is 152 Å². The molecule has 0 spiro atoms. The lowest BCUT2D eigenvalue weighted by atomic mass is 9.84. The minimum absolute atomic E-state index is 0.0685. The van der Waals surface area contributed by atoms with Crippen LogP contribution in [0.4, 0.5) is 4.79 Å². The first-order chi connectivity index (χ1) is 11.8. The van der Waals surface area contributed by atoms with Crippen molar-refractivity contribution in [2.45, 2.75) is 65.0 Å². The number of amides is 2. The van der Waals surface area contributed by atoms with E-state index < -0.39 is 5.54 Å². The Morgan fingerprint density at radius 3 is 2.64 bits per heavy atom. The van der Waals surface area contributed by atoms with E-state index in [1.54, 1.807) is 0 Å². The van der Waals surface area contributed by atoms with Crippen LogP contribution in [0.1, 0.15) is 64.5 Å². The molecule has 4 atom stereocenters. The van der Waals surface area contributed by atoms with E-state index in [1.165, 1.54) is 25.7 Å². The van der Waals surface area contributed by atoms with Crippen molar-refractivity contribution < 1.29 is 4.79 Å². The number of hydrogen-bond donors (Lipinski definition) is 2. The molecule has 2 N–H and O–H groups in total. The normalized spacial score (nSPS) is 26.3. The molecule has 3 nitrogen and oxygen atoms in total. The van der Waals surface area contributed by atoms with Gasteiger partial charge in [-0.1, -0.05) is 36.8 Å². The summed E-state index contributed by atoms with van der Waals surface area (Å²) >= 11 is 0. The molecule has 1 aromatic rings. The predicted octanol–water partition coefficient (Wildman–Crippen LogP) is 5.08. The topological polar surface area (TPSA) is 41.1 Å². The monoisotopic (exact) mass is 340 g/mol. The summed E-state index contributed by atoms with van der Waals surface area (Å²) in [6.07, 6.45) is 5.40. The number of nitrogens with one attached hydrogen (secondary N) is 2. The van der Waals surface area contributed by atoms with Gasteiger partial charge in [0.15, 0.2) is 0 Å². The molecule has 3 rings (SSSR count). The van der Waals surface area contributed by atoms with Crippen molar-refractivity contribution >= 4 is 11.6 Å². The van der Waals surface area contributed by atoms with Crippen LogP contribution in [0.15, 0.2) is 30.8 Å². The largest absolute Gasteiger partial charge is 0.335 e. The van der Waals surface area contributed by atoms with Gasteiger partial charge in [0.2, 0.25) is 0 Å². The smallest absolute Gasteiger partial charge is 0.315 e. The third-order valence-corrected chi connectivity index (χ3v) is 6.30. The molecule has 136 valence electrons. The molecule has 0 heterocycles. The fourth-order valence-corrected chi connectivity index (χ4v) is 4.79. The van der Waals surface area contributed by atoms with E-state index in [1.807, 2.05) is 26.8 Å². The minimum Gasteiger partial charge on any atom is -0.335 e. The van der Waals surface area contributed by atoms with Gasteiger partial charge in [0.1, 0.15) is 0 Å². The Hall–Kier alpha value is -1.77. The highest BCUT2D eigenvalue weighted by Gasteiger charge is 2.42. The van der Waals surface area contributed by atoms with E-state index in [0.29, 0.717) is 5.92 Å². The highest BCUT2D eigenvalue weighted by atomic mass is 16.2. The number of allylic oxidation sites excluding steroid dienone is 1. The Morgan fingerprint density at radius 2 is 2.04 bits per heavy atom.